The van der Waals surface area contributed by atoms with Gasteiger partial charge in [-0.2, -0.15) is 0 Å². The van der Waals surface area contributed by atoms with Crippen molar-refractivity contribution in [2.24, 2.45) is 0 Å². The Kier molecular flexibility index (Phi) is 12.2. The van der Waals surface area contributed by atoms with Gasteiger partial charge in [-0.25, -0.2) is 0 Å². The molecule has 2 aromatic carbocycles. The summed E-state index contributed by atoms with van der Waals surface area (Å²) in [7, 11) is -2.92. The molecule has 2 aromatic rings. The number of hydrogen-bond acceptors (Lipinski definition) is 2. The Balaban J connectivity index is 1.90. The van der Waals surface area contributed by atoms with E-state index in [1.54, 1.807) is 0 Å². The average molecular weight is 496 g/mol. The second-order valence-corrected chi connectivity index (χ2v) is 14.9. The summed E-state index contributed by atoms with van der Waals surface area (Å²) in [5, 5.41) is 1.98. The molecule has 0 unspecified atom stereocenters. The summed E-state index contributed by atoms with van der Waals surface area (Å²) in [6, 6.07) is 20.9. The largest absolute Gasteiger partial charge is 0.424 e. The normalized spacial score (nSPS) is 12.2. The van der Waals surface area contributed by atoms with E-state index in [-0.39, 0.29) is 11.1 Å². The second kappa shape index (κ2) is 14.6. The molecular weight excluding hydrogens is 446 g/mol. The Morgan fingerprint density at radius 2 is 1.34 bits per heavy atom. The van der Waals surface area contributed by atoms with Crippen LogP contribution in [0.15, 0.2) is 60.7 Å². The van der Waals surface area contributed by atoms with Crippen LogP contribution in [0, 0.1) is 0 Å². The third kappa shape index (κ3) is 8.32. The van der Waals surface area contributed by atoms with E-state index >= 15 is 0 Å². The topological polar surface area (TPSA) is 40.5 Å². The van der Waals surface area contributed by atoms with Crippen molar-refractivity contribution in [3.05, 3.63) is 60.7 Å². The van der Waals surface area contributed by atoms with Crippen molar-refractivity contribution in [2.45, 2.75) is 110 Å². The van der Waals surface area contributed by atoms with Gasteiger partial charge in [-0.15, -0.1) is 0 Å². The van der Waals surface area contributed by atoms with Crippen LogP contribution in [0.3, 0.4) is 0 Å². The van der Waals surface area contributed by atoms with E-state index < -0.39 is 8.32 Å². The Labute approximate surface area is 216 Å². The molecule has 35 heavy (non-hydrogen) atoms. The zero-order valence-electron chi connectivity index (χ0n) is 22.9. The van der Waals surface area contributed by atoms with Gasteiger partial charge in [0, 0.05) is 19.0 Å². The van der Waals surface area contributed by atoms with Gasteiger partial charge in [0.25, 0.3) is 8.32 Å². The van der Waals surface area contributed by atoms with Crippen LogP contribution in [0.4, 0.5) is 0 Å². The van der Waals surface area contributed by atoms with Crippen molar-refractivity contribution >= 4 is 24.6 Å². The Morgan fingerprint density at radius 3 is 1.86 bits per heavy atom. The van der Waals surface area contributed by atoms with E-state index in [1.807, 2.05) is 36.4 Å². The molecule has 1 N–H and O–H groups in total. The van der Waals surface area contributed by atoms with Crippen LogP contribution in [0.2, 0.25) is 5.04 Å². The summed E-state index contributed by atoms with van der Waals surface area (Å²) in [6.45, 7) is 11.8. The lowest BCUT2D eigenvalue weighted by Crippen LogP contribution is -2.65. The number of rotatable bonds is 16. The number of hydrogen-bond donors (Lipinski definition) is 1. The van der Waals surface area contributed by atoms with E-state index in [9.17, 15) is 9.59 Å². The van der Waals surface area contributed by atoms with Gasteiger partial charge in [-0.05, 0) is 48.5 Å². The Bertz CT molecular complexity index is 811. The number of amides is 1. The highest BCUT2D eigenvalue weighted by Crippen LogP contribution is 2.40. The molecule has 0 spiro atoms. The minimum absolute atomic E-state index is 0.186. The van der Waals surface area contributed by atoms with E-state index in [2.05, 4.69) is 63.8 Å². The quantitative estimate of drug-likeness (QED) is 0.208. The molecule has 0 aliphatic heterocycles. The molecule has 0 fully saturated rings. The fraction of sp³-hybridized carbons (Fsp3) is 0.581. The number of carbonyl (C=O) groups is 1. The Hall–Kier alpha value is -1.91. The van der Waals surface area contributed by atoms with E-state index in [4.69, 9.17) is 0 Å². The first-order valence-electron chi connectivity index (χ1n) is 13.9. The van der Waals surface area contributed by atoms with Crippen LogP contribution in [-0.4, -0.2) is 36.5 Å². The maximum atomic E-state index is 12.7. The predicted molar refractivity (Wildman–Crippen MR) is 153 cm³/mol. The molecule has 0 aliphatic carbocycles. The first-order valence-corrected chi connectivity index (χ1v) is 15.8. The van der Waals surface area contributed by atoms with E-state index in [1.165, 1.54) is 12.8 Å². The third-order valence-electron chi connectivity index (χ3n) is 7.50. The SMILES string of the molecule is CCCCCCC(=O)N(CCCCCCC(C)(C)[Si](O)(c1ccccc1)c1ccccc1)C(C)C. The van der Waals surface area contributed by atoms with Gasteiger partial charge in [0.1, 0.15) is 0 Å². The maximum absolute atomic E-state index is 12.7. The number of nitrogens with zero attached hydrogens (tertiary/aromatic N) is 1. The molecule has 0 saturated carbocycles. The maximum Gasteiger partial charge on any atom is 0.258 e. The molecule has 4 heteroatoms. The molecule has 0 heterocycles. The minimum atomic E-state index is -2.92. The summed E-state index contributed by atoms with van der Waals surface area (Å²) in [5.74, 6) is 0.319. The minimum Gasteiger partial charge on any atom is -0.424 e. The lowest BCUT2D eigenvalue weighted by molar-refractivity contribution is -0.133. The first kappa shape index (κ1) is 29.3. The van der Waals surface area contributed by atoms with E-state index in [0.29, 0.717) is 12.3 Å². The molecule has 3 nitrogen and oxygen atoms in total. The monoisotopic (exact) mass is 495 g/mol. The predicted octanol–water partition coefficient (Wildman–Crippen LogP) is 6.68. The fourth-order valence-electron chi connectivity index (χ4n) is 5.21. The smallest absolute Gasteiger partial charge is 0.258 e. The Morgan fingerprint density at radius 1 is 0.829 bits per heavy atom. The van der Waals surface area contributed by atoms with Crippen LogP contribution in [0.25, 0.3) is 0 Å². The van der Waals surface area contributed by atoms with Crippen LogP contribution in [0.5, 0.6) is 0 Å². The fourth-order valence-corrected chi connectivity index (χ4v) is 8.99. The summed E-state index contributed by atoms with van der Waals surface area (Å²) in [5.41, 5.74) is 0. The van der Waals surface area contributed by atoms with Crippen LogP contribution >= 0.6 is 0 Å². The van der Waals surface area contributed by atoms with Crippen molar-refractivity contribution in [1.82, 2.24) is 4.90 Å². The van der Waals surface area contributed by atoms with Crippen molar-refractivity contribution in [3.63, 3.8) is 0 Å². The van der Waals surface area contributed by atoms with Crippen molar-refractivity contribution in [1.29, 1.82) is 0 Å². The highest BCUT2D eigenvalue weighted by atomic mass is 28.4. The number of unbranched alkanes of at least 4 members (excludes halogenated alkanes) is 6. The molecule has 0 bridgehead atoms. The van der Waals surface area contributed by atoms with Gasteiger partial charge in [0.15, 0.2) is 0 Å². The van der Waals surface area contributed by atoms with Crippen molar-refractivity contribution in [3.8, 4) is 0 Å². The molecular formula is C31H49NO2Si. The third-order valence-corrected chi connectivity index (χ3v) is 12.0. The van der Waals surface area contributed by atoms with Gasteiger partial charge in [0.2, 0.25) is 5.91 Å². The second-order valence-electron chi connectivity index (χ2n) is 11.0. The van der Waals surface area contributed by atoms with Crippen LogP contribution < -0.4 is 10.4 Å². The summed E-state index contributed by atoms with van der Waals surface area (Å²) >= 11 is 0. The summed E-state index contributed by atoms with van der Waals surface area (Å²) < 4.78 is 0. The van der Waals surface area contributed by atoms with Crippen molar-refractivity contribution < 1.29 is 9.59 Å². The molecule has 2 rings (SSSR count). The molecule has 0 aromatic heterocycles. The molecule has 0 atom stereocenters. The van der Waals surface area contributed by atoms with Gasteiger partial charge < -0.3 is 9.70 Å². The lowest BCUT2D eigenvalue weighted by Gasteiger charge is -2.41. The molecule has 0 aliphatic rings. The lowest BCUT2D eigenvalue weighted by atomic mass is 10.0. The van der Waals surface area contributed by atoms with E-state index in [0.717, 1.165) is 61.9 Å². The number of carbonyl (C=O) groups excluding carboxylic acids is 1. The van der Waals surface area contributed by atoms with Gasteiger partial charge in [0.05, 0.1) is 0 Å². The standard InChI is InChI=1S/C31H49NO2Si/c1-6-7-8-17-24-30(33)32(27(2)3)26-19-10-9-18-25-31(4,5)35(34,28-20-13-11-14-21-28)29-22-15-12-16-23-29/h11-16,20-23,27,34H,6-10,17-19,24-26H2,1-5H3. The molecule has 194 valence electrons. The highest BCUT2D eigenvalue weighted by molar-refractivity contribution is 6.98. The first-order chi connectivity index (χ1) is 16.7. The van der Waals surface area contributed by atoms with Gasteiger partial charge in [-0.1, -0.05) is 120 Å². The number of benzene rings is 2. The zero-order valence-corrected chi connectivity index (χ0v) is 23.9. The molecule has 0 saturated heterocycles. The van der Waals surface area contributed by atoms with Gasteiger partial charge in [-0.3, -0.25) is 4.79 Å². The van der Waals surface area contributed by atoms with Crippen LogP contribution in [-0.2, 0) is 4.79 Å². The summed E-state index contributed by atoms with van der Waals surface area (Å²) in [4.78, 5) is 27.0. The zero-order chi connectivity index (χ0) is 25.7. The molecule has 1 amide bonds. The van der Waals surface area contributed by atoms with Crippen molar-refractivity contribution in [2.75, 3.05) is 6.54 Å². The van der Waals surface area contributed by atoms with Crippen LogP contribution in [0.1, 0.15) is 98.8 Å². The molecule has 0 radical (unpaired) electrons. The van der Waals surface area contributed by atoms with Gasteiger partial charge >= 0.3 is 0 Å². The highest BCUT2D eigenvalue weighted by Gasteiger charge is 2.49. The summed E-state index contributed by atoms with van der Waals surface area (Å²) in [6.07, 6.45) is 10.7. The average Bonchev–Trinajstić information content (AvgIpc) is 2.86.